The highest BCUT2D eigenvalue weighted by Crippen LogP contribution is 2.38. The van der Waals surface area contributed by atoms with Gasteiger partial charge in [0.2, 0.25) is 0 Å². The Morgan fingerprint density at radius 2 is 1.83 bits per heavy atom. The summed E-state index contributed by atoms with van der Waals surface area (Å²) in [5.41, 5.74) is 7.24. The van der Waals surface area contributed by atoms with Gasteiger partial charge in [0.25, 0.3) is 5.91 Å². The first-order valence-corrected chi connectivity index (χ1v) is 9.70. The molecule has 0 saturated heterocycles. The predicted molar refractivity (Wildman–Crippen MR) is 121 cm³/mol. The second-order valence-corrected chi connectivity index (χ2v) is 8.24. The van der Waals surface area contributed by atoms with Crippen molar-refractivity contribution < 1.29 is 4.79 Å². The molecule has 0 bridgehead atoms. The zero-order valence-electron chi connectivity index (χ0n) is 17.9. The van der Waals surface area contributed by atoms with E-state index >= 15 is 0 Å². The van der Waals surface area contributed by atoms with Crippen LogP contribution < -0.4 is 10.2 Å². The van der Waals surface area contributed by atoms with E-state index in [4.69, 9.17) is 0 Å². The Morgan fingerprint density at radius 3 is 2.48 bits per heavy atom. The first-order chi connectivity index (χ1) is 13.6. The topological polar surface area (TPSA) is 56.1 Å². The Balaban J connectivity index is 1.90. The average Bonchev–Trinajstić information content (AvgIpc) is 2.67. The molecule has 4 nitrogen and oxygen atoms in total. The lowest BCUT2D eigenvalue weighted by Gasteiger charge is -2.40. The number of anilines is 2. The molecule has 148 valence electrons. The van der Waals surface area contributed by atoms with Crippen molar-refractivity contribution in [2.75, 3.05) is 17.3 Å². The van der Waals surface area contributed by atoms with Crippen LogP contribution in [0.25, 0.3) is 11.6 Å². The zero-order chi connectivity index (χ0) is 21.3. The minimum absolute atomic E-state index is 0.0572. The number of rotatable bonds is 3. The van der Waals surface area contributed by atoms with Gasteiger partial charge in [0.15, 0.2) is 0 Å². The van der Waals surface area contributed by atoms with Crippen LogP contribution in [0.5, 0.6) is 0 Å². The molecule has 0 aromatic heterocycles. The minimum atomic E-state index is -0.404. The lowest BCUT2D eigenvalue weighted by molar-refractivity contribution is -0.112. The van der Waals surface area contributed by atoms with Crippen LogP contribution in [0, 0.1) is 25.2 Å². The van der Waals surface area contributed by atoms with Crippen molar-refractivity contribution in [3.05, 3.63) is 70.3 Å². The van der Waals surface area contributed by atoms with Crippen LogP contribution in [-0.2, 0) is 4.79 Å². The molecule has 1 N–H and O–H groups in total. The molecule has 4 heteroatoms. The molecule has 0 unspecified atom stereocenters. The highest BCUT2D eigenvalue weighted by Gasteiger charge is 2.28. The summed E-state index contributed by atoms with van der Waals surface area (Å²) in [5.74, 6) is -0.404. The van der Waals surface area contributed by atoms with Gasteiger partial charge in [-0.1, -0.05) is 18.2 Å². The fourth-order valence-electron chi connectivity index (χ4n) is 3.60. The molecule has 0 radical (unpaired) electrons. The summed E-state index contributed by atoms with van der Waals surface area (Å²) in [6.45, 7) is 10.5. The van der Waals surface area contributed by atoms with Crippen molar-refractivity contribution in [3.63, 3.8) is 0 Å². The van der Waals surface area contributed by atoms with Crippen LogP contribution in [0.2, 0.25) is 0 Å². The number of nitrogens with one attached hydrogen (secondary N) is 1. The van der Waals surface area contributed by atoms with E-state index in [0.29, 0.717) is 5.69 Å². The van der Waals surface area contributed by atoms with E-state index in [1.807, 2.05) is 50.2 Å². The molecule has 0 atom stereocenters. The number of nitrogens with zero attached hydrogens (tertiary/aromatic N) is 2. The number of carbonyl (C=O) groups excluding carboxylic acids is 1. The van der Waals surface area contributed by atoms with Gasteiger partial charge in [-0.2, -0.15) is 5.26 Å². The van der Waals surface area contributed by atoms with Gasteiger partial charge in [-0.05, 0) is 87.2 Å². The first kappa shape index (κ1) is 20.4. The average molecular weight is 386 g/mol. The van der Waals surface area contributed by atoms with E-state index in [2.05, 4.69) is 50.2 Å². The molecule has 1 amide bonds. The summed E-state index contributed by atoms with van der Waals surface area (Å²) in [7, 11) is 2.08. The molecular weight excluding hydrogens is 358 g/mol. The minimum Gasteiger partial charge on any atom is -0.366 e. The maximum Gasteiger partial charge on any atom is 0.266 e. The quantitative estimate of drug-likeness (QED) is 0.562. The molecular formula is C25H27N3O. The smallest absolute Gasteiger partial charge is 0.266 e. The van der Waals surface area contributed by atoms with Gasteiger partial charge in [-0.15, -0.1) is 0 Å². The number of fused-ring (bicyclic) bond motifs is 1. The number of hydrogen-bond acceptors (Lipinski definition) is 3. The Labute approximate surface area is 173 Å². The van der Waals surface area contributed by atoms with Crippen LogP contribution in [0.4, 0.5) is 11.4 Å². The molecule has 0 aliphatic carbocycles. The molecule has 1 aliphatic rings. The van der Waals surface area contributed by atoms with Gasteiger partial charge in [-0.3, -0.25) is 4.79 Å². The fourth-order valence-corrected chi connectivity index (χ4v) is 3.60. The summed E-state index contributed by atoms with van der Waals surface area (Å²) in [6.07, 6.45) is 3.88. The molecule has 29 heavy (non-hydrogen) atoms. The number of carbonyl (C=O) groups is 1. The molecule has 1 aliphatic heterocycles. The molecule has 2 aromatic rings. The van der Waals surface area contributed by atoms with Crippen LogP contribution in [0.15, 0.2) is 48.0 Å². The first-order valence-electron chi connectivity index (χ1n) is 9.70. The maximum atomic E-state index is 12.6. The number of aryl methyl sites for hydroxylation is 2. The Hall–Kier alpha value is -3.32. The Bertz CT molecular complexity index is 1080. The van der Waals surface area contributed by atoms with Crippen molar-refractivity contribution in [1.29, 1.82) is 5.26 Å². The number of allylic oxidation sites excluding steroid dienone is 1. The highest BCUT2D eigenvalue weighted by atomic mass is 16.1. The number of nitriles is 1. The molecule has 2 aromatic carbocycles. The van der Waals surface area contributed by atoms with E-state index in [0.717, 1.165) is 27.9 Å². The number of benzene rings is 2. The summed E-state index contributed by atoms with van der Waals surface area (Å²) in [5, 5.41) is 12.4. The van der Waals surface area contributed by atoms with Gasteiger partial charge in [-0.25, -0.2) is 0 Å². The van der Waals surface area contributed by atoms with Gasteiger partial charge >= 0.3 is 0 Å². The highest BCUT2D eigenvalue weighted by molar-refractivity contribution is 6.09. The van der Waals surface area contributed by atoms with E-state index in [1.165, 1.54) is 5.57 Å². The van der Waals surface area contributed by atoms with Crippen molar-refractivity contribution in [3.8, 4) is 6.07 Å². The van der Waals surface area contributed by atoms with Crippen LogP contribution in [0.3, 0.4) is 0 Å². The lowest BCUT2D eigenvalue weighted by atomic mass is 9.88. The normalized spacial score (nSPS) is 15.3. The van der Waals surface area contributed by atoms with E-state index < -0.39 is 5.91 Å². The van der Waals surface area contributed by atoms with Crippen molar-refractivity contribution >= 4 is 28.9 Å². The predicted octanol–water partition coefficient (Wildman–Crippen LogP) is 5.48. The summed E-state index contributed by atoms with van der Waals surface area (Å²) in [6, 6.07) is 13.8. The zero-order valence-corrected chi connectivity index (χ0v) is 17.9. The van der Waals surface area contributed by atoms with Crippen molar-refractivity contribution in [2.24, 2.45) is 0 Å². The number of likely N-dealkylation sites (N-methyl/N-ethyl adjacent to an activating group) is 1. The molecule has 0 fully saturated rings. The summed E-state index contributed by atoms with van der Waals surface area (Å²) < 4.78 is 0. The molecule has 0 spiro atoms. The van der Waals surface area contributed by atoms with Gasteiger partial charge in [0, 0.05) is 24.0 Å². The summed E-state index contributed by atoms with van der Waals surface area (Å²) in [4.78, 5) is 14.8. The van der Waals surface area contributed by atoms with Crippen LogP contribution >= 0.6 is 0 Å². The van der Waals surface area contributed by atoms with Crippen molar-refractivity contribution in [2.45, 2.75) is 40.2 Å². The Morgan fingerprint density at radius 1 is 1.10 bits per heavy atom. The fraction of sp³-hybridized carbons (Fsp3) is 0.280. The van der Waals surface area contributed by atoms with Crippen molar-refractivity contribution in [1.82, 2.24) is 0 Å². The monoisotopic (exact) mass is 385 g/mol. The van der Waals surface area contributed by atoms with Gasteiger partial charge < -0.3 is 10.2 Å². The van der Waals surface area contributed by atoms with Crippen LogP contribution in [-0.4, -0.2) is 18.5 Å². The van der Waals surface area contributed by atoms with E-state index in [1.54, 1.807) is 6.08 Å². The van der Waals surface area contributed by atoms with Crippen LogP contribution in [0.1, 0.15) is 43.0 Å². The SMILES string of the molecule is CC1=CC(C)(C)N(C)c2ccc(/C=C(\C#N)C(=O)Nc3ccc(C)c(C)c3)cc21. The number of amides is 1. The second kappa shape index (κ2) is 7.60. The molecule has 1 heterocycles. The number of hydrogen-bond donors (Lipinski definition) is 1. The standard InChI is InChI=1S/C25H27N3O/c1-16-7-9-21(11-17(16)2)27-24(29)20(15-26)12-19-8-10-23-22(13-19)18(3)14-25(4,5)28(23)6/h7-14H,1-6H3,(H,27,29)/b20-12+. The third kappa shape index (κ3) is 4.09. The Kier molecular flexibility index (Phi) is 5.35. The molecule has 3 rings (SSSR count). The third-order valence-electron chi connectivity index (χ3n) is 5.68. The lowest BCUT2D eigenvalue weighted by Crippen LogP contribution is -2.42. The molecule has 0 saturated carbocycles. The van der Waals surface area contributed by atoms with E-state index in [-0.39, 0.29) is 11.1 Å². The largest absolute Gasteiger partial charge is 0.366 e. The summed E-state index contributed by atoms with van der Waals surface area (Å²) >= 11 is 0. The second-order valence-electron chi connectivity index (χ2n) is 8.24. The maximum absolute atomic E-state index is 12.6. The van der Waals surface area contributed by atoms with Gasteiger partial charge in [0.1, 0.15) is 11.6 Å². The third-order valence-corrected chi connectivity index (χ3v) is 5.68. The van der Waals surface area contributed by atoms with Gasteiger partial charge in [0.05, 0.1) is 5.54 Å². The van der Waals surface area contributed by atoms with E-state index in [9.17, 15) is 10.1 Å².